The molecule has 0 saturated heterocycles. The molecular formula is C23H19ClIN3O3S. The number of nitrogens with one attached hydrogen (secondary N) is 1. The van der Waals surface area contributed by atoms with Crippen LogP contribution >= 0.6 is 34.2 Å². The summed E-state index contributed by atoms with van der Waals surface area (Å²) in [5.41, 5.74) is 3.84. The number of aromatic amines is 1. The Kier molecular flexibility index (Phi) is 6.19. The van der Waals surface area contributed by atoms with Gasteiger partial charge in [-0.25, -0.2) is 13.4 Å². The molecule has 0 aliphatic rings. The summed E-state index contributed by atoms with van der Waals surface area (Å²) in [5, 5.41) is 12.1. The standard InChI is InChI=1S/C23H19ClIN3O3S/c1-28(32(2,30)31)18-9-7-17(8-10-18)26-22(14-4-3-5-16(25)12-14)21-19-11-6-15(24)13-20(19)27-23(21)29/h3-13,27,29H,1-2H3. The van der Waals surface area contributed by atoms with Crippen molar-refractivity contribution in [3.8, 4) is 5.88 Å². The smallest absolute Gasteiger partial charge is 0.231 e. The molecule has 0 aliphatic carbocycles. The van der Waals surface area contributed by atoms with Gasteiger partial charge in [0.05, 0.1) is 34.4 Å². The van der Waals surface area contributed by atoms with Crippen molar-refractivity contribution in [1.29, 1.82) is 0 Å². The molecule has 0 bridgehead atoms. The van der Waals surface area contributed by atoms with E-state index in [1.807, 2.05) is 30.3 Å². The third-order valence-electron chi connectivity index (χ3n) is 5.03. The predicted molar refractivity (Wildman–Crippen MR) is 139 cm³/mol. The SMILES string of the molecule is CN(c1ccc(N=C(c2cccc(I)c2)c2c(O)[nH]c3cc(Cl)ccc23)cc1)S(C)(=O)=O. The van der Waals surface area contributed by atoms with Gasteiger partial charge >= 0.3 is 0 Å². The topological polar surface area (TPSA) is 85.8 Å². The number of hydrogen-bond donors (Lipinski definition) is 2. The Morgan fingerprint density at radius 2 is 1.81 bits per heavy atom. The Morgan fingerprint density at radius 3 is 2.47 bits per heavy atom. The van der Waals surface area contributed by atoms with Gasteiger partial charge < -0.3 is 10.1 Å². The largest absolute Gasteiger partial charge is 0.494 e. The highest BCUT2D eigenvalue weighted by Crippen LogP contribution is 2.33. The minimum absolute atomic E-state index is 0.00620. The second-order valence-electron chi connectivity index (χ2n) is 7.26. The number of nitrogens with zero attached hydrogens (tertiary/aromatic N) is 2. The summed E-state index contributed by atoms with van der Waals surface area (Å²) in [7, 11) is -1.86. The molecule has 164 valence electrons. The molecule has 1 heterocycles. The van der Waals surface area contributed by atoms with Crippen LogP contribution in [0.5, 0.6) is 5.88 Å². The molecule has 0 amide bonds. The highest BCUT2D eigenvalue weighted by molar-refractivity contribution is 14.1. The van der Waals surface area contributed by atoms with Crippen molar-refractivity contribution < 1.29 is 13.5 Å². The monoisotopic (exact) mass is 579 g/mol. The Labute approximate surface area is 204 Å². The van der Waals surface area contributed by atoms with Gasteiger partial charge in [-0.3, -0.25) is 4.31 Å². The van der Waals surface area contributed by atoms with E-state index in [1.54, 1.807) is 36.4 Å². The summed E-state index contributed by atoms with van der Waals surface area (Å²) in [6, 6.07) is 20.1. The second-order valence-corrected chi connectivity index (χ2v) is 11.0. The Morgan fingerprint density at radius 1 is 1.09 bits per heavy atom. The summed E-state index contributed by atoms with van der Waals surface area (Å²) in [6.45, 7) is 0. The number of aromatic hydroxyl groups is 1. The quantitative estimate of drug-likeness (QED) is 0.235. The number of halogens is 2. The molecule has 3 aromatic carbocycles. The van der Waals surface area contributed by atoms with Crippen LogP contribution in [-0.4, -0.2) is 37.5 Å². The van der Waals surface area contributed by atoms with Gasteiger partial charge in [0.25, 0.3) is 0 Å². The van der Waals surface area contributed by atoms with E-state index in [0.717, 1.165) is 20.8 Å². The zero-order valence-corrected chi connectivity index (χ0v) is 20.9. The number of benzene rings is 3. The highest BCUT2D eigenvalue weighted by atomic mass is 127. The molecule has 0 radical (unpaired) electrons. The summed E-state index contributed by atoms with van der Waals surface area (Å²) >= 11 is 8.35. The van der Waals surface area contributed by atoms with Crippen LogP contribution in [0.3, 0.4) is 0 Å². The zero-order chi connectivity index (χ0) is 23.0. The molecule has 6 nitrogen and oxygen atoms in total. The number of rotatable bonds is 5. The molecule has 4 aromatic rings. The second kappa shape index (κ2) is 8.76. The minimum atomic E-state index is -3.36. The maximum absolute atomic E-state index is 11.8. The average Bonchev–Trinajstić information content (AvgIpc) is 3.06. The van der Waals surface area contributed by atoms with E-state index in [9.17, 15) is 13.5 Å². The fraction of sp³-hybridized carbons (Fsp3) is 0.0870. The van der Waals surface area contributed by atoms with Gasteiger partial charge in [-0.1, -0.05) is 29.8 Å². The Hall–Kier alpha value is -2.56. The molecule has 0 fully saturated rings. The van der Waals surface area contributed by atoms with Crippen molar-refractivity contribution in [2.75, 3.05) is 17.6 Å². The number of aliphatic imine (C=N–C) groups is 1. The van der Waals surface area contributed by atoms with Crippen molar-refractivity contribution in [2.45, 2.75) is 0 Å². The normalized spacial score (nSPS) is 12.3. The maximum Gasteiger partial charge on any atom is 0.231 e. The number of H-pyrrole nitrogens is 1. The van der Waals surface area contributed by atoms with Gasteiger partial charge in [0, 0.05) is 26.6 Å². The van der Waals surface area contributed by atoms with Crippen LogP contribution in [0.15, 0.2) is 71.7 Å². The van der Waals surface area contributed by atoms with E-state index in [0.29, 0.717) is 33.2 Å². The lowest BCUT2D eigenvalue weighted by molar-refractivity contribution is 0.457. The van der Waals surface area contributed by atoms with Gasteiger partial charge in [0.1, 0.15) is 0 Å². The fourth-order valence-electron chi connectivity index (χ4n) is 3.35. The first kappa shape index (κ1) is 22.6. The number of anilines is 1. The van der Waals surface area contributed by atoms with E-state index in [1.165, 1.54) is 11.4 Å². The first-order valence-electron chi connectivity index (χ1n) is 9.52. The van der Waals surface area contributed by atoms with E-state index in [-0.39, 0.29) is 5.88 Å². The van der Waals surface area contributed by atoms with E-state index in [4.69, 9.17) is 16.6 Å². The van der Waals surface area contributed by atoms with E-state index < -0.39 is 10.0 Å². The molecule has 4 rings (SSSR count). The van der Waals surface area contributed by atoms with Crippen LogP contribution in [0.25, 0.3) is 10.9 Å². The molecule has 32 heavy (non-hydrogen) atoms. The molecule has 0 atom stereocenters. The molecule has 0 spiro atoms. The molecule has 1 aromatic heterocycles. The third kappa shape index (κ3) is 4.62. The van der Waals surface area contributed by atoms with Crippen LogP contribution in [0.2, 0.25) is 5.02 Å². The van der Waals surface area contributed by atoms with Crippen LogP contribution in [0.4, 0.5) is 11.4 Å². The summed E-state index contributed by atoms with van der Waals surface area (Å²) < 4.78 is 25.9. The molecular weight excluding hydrogens is 561 g/mol. The molecule has 0 aliphatic heterocycles. The molecule has 0 unspecified atom stereocenters. The summed E-state index contributed by atoms with van der Waals surface area (Å²) in [5.74, 6) is -0.00620. The van der Waals surface area contributed by atoms with Crippen molar-refractivity contribution in [1.82, 2.24) is 4.98 Å². The lowest BCUT2D eigenvalue weighted by Gasteiger charge is -2.16. The lowest BCUT2D eigenvalue weighted by Crippen LogP contribution is -2.24. The van der Waals surface area contributed by atoms with E-state index >= 15 is 0 Å². The van der Waals surface area contributed by atoms with Crippen LogP contribution < -0.4 is 4.31 Å². The summed E-state index contributed by atoms with van der Waals surface area (Å²) in [6.07, 6.45) is 1.15. The van der Waals surface area contributed by atoms with Crippen molar-refractivity contribution in [3.63, 3.8) is 0 Å². The maximum atomic E-state index is 11.8. The van der Waals surface area contributed by atoms with Crippen LogP contribution in [-0.2, 0) is 10.0 Å². The zero-order valence-electron chi connectivity index (χ0n) is 17.2. The highest BCUT2D eigenvalue weighted by Gasteiger charge is 2.19. The predicted octanol–water partition coefficient (Wildman–Crippen LogP) is 5.70. The van der Waals surface area contributed by atoms with Gasteiger partial charge in [-0.15, -0.1) is 0 Å². The number of hydrogen-bond acceptors (Lipinski definition) is 4. The van der Waals surface area contributed by atoms with Gasteiger partial charge in [-0.05, 0) is 71.1 Å². The van der Waals surface area contributed by atoms with Gasteiger partial charge in [0.2, 0.25) is 10.0 Å². The number of fused-ring (bicyclic) bond motifs is 1. The molecule has 0 saturated carbocycles. The fourth-order valence-corrected chi connectivity index (χ4v) is 4.57. The van der Waals surface area contributed by atoms with E-state index in [2.05, 4.69) is 27.6 Å². The van der Waals surface area contributed by atoms with Gasteiger partial charge in [-0.2, -0.15) is 0 Å². The molecule has 2 N–H and O–H groups in total. The lowest BCUT2D eigenvalue weighted by atomic mass is 10.0. The molecule has 9 heteroatoms. The van der Waals surface area contributed by atoms with Crippen LogP contribution in [0, 0.1) is 3.57 Å². The number of sulfonamides is 1. The Bertz CT molecular complexity index is 1450. The van der Waals surface area contributed by atoms with Gasteiger partial charge in [0.15, 0.2) is 5.88 Å². The Balaban J connectivity index is 1.89. The first-order chi connectivity index (χ1) is 15.1. The van der Waals surface area contributed by atoms with Crippen molar-refractivity contribution in [2.24, 2.45) is 4.99 Å². The number of aromatic nitrogens is 1. The van der Waals surface area contributed by atoms with Crippen LogP contribution in [0.1, 0.15) is 11.1 Å². The third-order valence-corrected chi connectivity index (χ3v) is 7.14. The minimum Gasteiger partial charge on any atom is -0.494 e. The van der Waals surface area contributed by atoms with Crippen molar-refractivity contribution >= 4 is 72.2 Å². The average molecular weight is 580 g/mol. The summed E-state index contributed by atoms with van der Waals surface area (Å²) in [4.78, 5) is 7.82. The van der Waals surface area contributed by atoms with Crippen molar-refractivity contribution in [3.05, 3.63) is 86.4 Å². The first-order valence-corrected chi connectivity index (χ1v) is 12.8.